The number of nitrogens with one attached hydrogen (secondary N) is 1. The van der Waals surface area contributed by atoms with Crippen LogP contribution in [0.15, 0.2) is 53.1 Å². The number of halogens is 1. The van der Waals surface area contributed by atoms with Crippen molar-refractivity contribution < 1.29 is 9.32 Å². The van der Waals surface area contributed by atoms with Gasteiger partial charge in [0, 0.05) is 22.2 Å². The van der Waals surface area contributed by atoms with Gasteiger partial charge >= 0.3 is 0 Å². The summed E-state index contributed by atoms with van der Waals surface area (Å²) in [5.74, 6) is 1.08. The van der Waals surface area contributed by atoms with Gasteiger partial charge in [-0.1, -0.05) is 41.0 Å². The number of amides is 1. The molecule has 0 aliphatic carbocycles. The van der Waals surface area contributed by atoms with E-state index in [0.29, 0.717) is 29.7 Å². The topological polar surface area (TPSA) is 95.1 Å². The van der Waals surface area contributed by atoms with Gasteiger partial charge in [-0.25, -0.2) is 0 Å². The van der Waals surface area contributed by atoms with Crippen molar-refractivity contribution in [2.24, 2.45) is 5.92 Å². The van der Waals surface area contributed by atoms with E-state index in [-0.39, 0.29) is 11.8 Å². The highest BCUT2D eigenvalue weighted by Crippen LogP contribution is 2.23. The zero-order chi connectivity index (χ0) is 21.6. The van der Waals surface area contributed by atoms with Gasteiger partial charge < -0.3 is 9.84 Å². The lowest BCUT2D eigenvalue weighted by atomic mass is 9.95. The normalized spacial score (nSPS) is 14.8. The lowest BCUT2D eigenvalue weighted by Crippen LogP contribution is -2.37. The van der Waals surface area contributed by atoms with E-state index in [9.17, 15) is 4.79 Å². The molecule has 0 saturated carbocycles. The van der Waals surface area contributed by atoms with Crippen molar-refractivity contribution in [1.82, 2.24) is 15.0 Å². The summed E-state index contributed by atoms with van der Waals surface area (Å²) in [7, 11) is 0. The van der Waals surface area contributed by atoms with Crippen LogP contribution in [0.5, 0.6) is 0 Å². The molecule has 1 aliphatic rings. The van der Waals surface area contributed by atoms with Crippen LogP contribution in [0.1, 0.15) is 24.3 Å². The predicted molar refractivity (Wildman–Crippen MR) is 117 cm³/mol. The number of carbonyl (C=O) groups excluding carboxylic acids is 1. The van der Waals surface area contributed by atoms with Crippen LogP contribution in [0.4, 0.5) is 5.69 Å². The Bertz CT molecular complexity index is 1080. The summed E-state index contributed by atoms with van der Waals surface area (Å²) >= 11 is 6.03. The zero-order valence-electron chi connectivity index (χ0n) is 16.9. The lowest BCUT2D eigenvalue weighted by molar-refractivity contribution is -0.121. The minimum Gasteiger partial charge on any atom is -0.338 e. The third kappa shape index (κ3) is 5.48. The first-order chi connectivity index (χ1) is 15.1. The van der Waals surface area contributed by atoms with E-state index < -0.39 is 0 Å². The predicted octanol–water partition coefficient (Wildman–Crippen LogP) is 4.31. The molecule has 0 bridgehead atoms. The van der Waals surface area contributed by atoms with Crippen LogP contribution in [-0.4, -0.2) is 34.0 Å². The summed E-state index contributed by atoms with van der Waals surface area (Å²) in [6.45, 7) is 2.13. The maximum absolute atomic E-state index is 12.6. The summed E-state index contributed by atoms with van der Waals surface area (Å²) in [6.07, 6.45) is 1.91. The maximum Gasteiger partial charge on any atom is 0.241 e. The monoisotopic (exact) mass is 435 g/mol. The Morgan fingerprint density at radius 3 is 2.71 bits per heavy atom. The summed E-state index contributed by atoms with van der Waals surface area (Å²) in [5, 5.41) is 16.4. The fraction of sp³-hybridized carbons (Fsp3) is 0.304. The van der Waals surface area contributed by atoms with Crippen molar-refractivity contribution in [3.05, 3.63) is 65.0 Å². The second-order valence-electron chi connectivity index (χ2n) is 7.59. The Kier molecular flexibility index (Phi) is 6.60. The van der Waals surface area contributed by atoms with E-state index >= 15 is 0 Å². The van der Waals surface area contributed by atoms with Crippen LogP contribution in [0.3, 0.4) is 0 Å². The molecule has 2 heterocycles. The zero-order valence-corrected chi connectivity index (χ0v) is 17.7. The van der Waals surface area contributed by atoms with Crippen LogP contribution in [-0.2, 0) is 17.8 Å². The van der Waals surface area contributed by atoms with E-state index in [1.54, 1.807) is 12.1 Å². The minimum absolute atomic E-state index is 0.0280. The molecule has 31 heavy (non-hydrogen) atoms. The first kappa shape index (κ1) is 21.0. The number of benzene rings is 2. The molecule has 0 unspecified atom stereocenters. The minimum atomic E-state index is -0.0280. The highest BCUT2D eigenvalue weighted by molar-refractivity contribution is 6.30. The second-order valence-corrected chi connectivity index (χ2v) is 8.03. The number of aromatic nitrogens is 2. The van der Waals surface area contributed by atoms with Crippen LogP contribution in [0.2, 0.25) is 5.02 Å². The molecule has 2 aromatic carbocycles. The van der Waals surface area contributed by atoms with Gasteiger partial charge in [0.15, 0.2) is 0 Å². The molecule has 158 valence electrons. The molecule has 1 amide bonds. The Hall–Kier alpha value is -3.21. The van der Waals surface area contributed by atoms with Gasteiger partial charge in [0.05, 0.1) is 19.0 Å². The Balaban J connectivity index is 1.27. The van der Waals surface area contributed by atoms with E-state index in [2.05, 4.69) is 26.4 Å². The van der Waals surface area contributed by atoms with Gasteiger partial charge in [-0.15, -0.1) is 0 Å². The highest BCUT2D eigenvalue weighted by Gasteiger charge is 2.26. The third-order valence-electron chi connectivity index (χ3n) is 5.37. The largest absolute Gasteiger partial charge is 0.338 e. The molecule has 1 N–H and O–H groups in total. The molecule has 7 nitrogen and oxygen atoms in total. The van der Waals surface area contributed by atoms with Gasteiger partial charge in [0.1, 0.15) is 0 Å². The summed E-state index contributed by atoms with van der Waals surface area (Å²) < 4.78 is 5.40. The smallest absolute Gasteiger partial charge is 0.241 e. The second kappa shape index (κ2) is 9.73. The molecule has 1 aromatic heterocycles. The number of nitriles is 1. The van der Waals surface area contributed by atoms with Crippen molar-refractivity contribution in [2.45, 2.75) is 25.8 Å². The van der Waals surface area contributed by atoms with Crippen molar-refractivity contribution in [2.75, 3.05) is 18.4 Å². The highest BCUT2D eigenvalue weighted by atomic mass is 35.5. The number of piperidine rings is 1. The fourth-order valence-corrected chi connectivity index (χ4v) is 3.84. The molecule has 0 spiro atoms. The van der Waals surface area contributed by atoms with E-state index in [1.165, 1.54) is 0 Å². The van der Waals surface area contributed by atoms with Crippen LogP contribution < -0.4 is 5.32 Å². The first-order valence-electron chi connectivity index (χ1n) is 10.2. The molecular weight excluding hydrogens is 414 g/mol. The van der Waals surface area contributed by atoms with Gasteiger partial charge in [-0.3, -0.25) is 9.69 Å². The average Bonchev–Trinajstić information content (AvgIpc) is 3.24. The number of rotatable bonds is 6. The number of carbonyl (C=O) groups is 1. The van der Waals surface area contributed by atoms with E-state index in [4.69, 9.17) is 21.4 Å². The Morgan fingerprint density at radius 2 is 2.00 bits per heavy atom. The third-order valence-corrected chi connectivity index (χ3v) is 5.61. The SMILES string of the molecule is N#CCc1ccc(NC(=O)C2CCN(Cc3nc(-c4cccc(Cl)c4)no3)CC2)cc1. The summed E-state index contributed by atoms with van der Waals surface area (Å²) in [6, 6.07) is 16.9. The van der Waals surface area contributed by atoms with Crippen LogP contribution >= 0.6 is 11.6 Å². The van der Waals surface area contributed by atoms with E-state index in [0.717, 1.165) is 42.7 Å². The molecule has 0 atom stereocenters. The fourth-order valence-electron chi connectivity index (χ4n) is 3.65. The average molecular weight is 436 g/mol. The Labute approximate surface area is 185 Å². The van der Waals surface area contributed by atoms with Gasteiger partial charge in [0.2, 0.25) is 17.6 Å². The molecule has 8 heteroatoms. The first-order valence-corrected chi connectivity index (χ1v) is 10.6. The van der Waals surface area contributed by atoms with Crippen molar-refractivity contribution in [1.29, 1.82) is 5.26 Å². The molecular formula is C23H22ClN5O2. The van der Waals surface area contributed by atoms with E-state index in [1.807, 2.05) is 36.4 Å². The summed E-state index contributed by atoms with van der Waals surface area (Å²) in [4.78, 5) is 19.3. The van der Waals surface area contributed by atoms with Gasteiger partial charge in [-0.05, 0) is 55.8 Å². The van der Waals surface area contributed by atoms with Crippen molar-refractivity contribution >= 4 is 23.2 Å². The number of likely N-dealkylation sites (tertiary alicyclic amines) is 1. The summed E-state index contributed by atoms with van der Waals surface area (Å²) in [5.41, 5.74) is 2.51. The number of anilines is 1. The quantitative estimate of drug-likeness (QED) is 0.620. The molecule has 1 aliphatic heterocycles. The molecule has 3 aromatic rings. The van der Waals surface area contributed by atoms with Crippen LogP contribution in [0, 0.1) is 17.2 Å². The lowest BCUT2D eigenvalue weighted by Gasteiger charge is -2.30. The molecule has 1 saturated heterocycles. The maximum atomic E-state index is 12.6. The number of nitrogens with zero attached hydrogens (tertiary/aromatic N) is 4. The standard InChI is InChI=1S/C23H22ClN5O2/c24-19-3-1-2-18(14-19)22-27-21(31-28-22)15-29-12-9-17(10-13-29)23(30)26-20-6-4-16(5-7-20)8-11-25/h1-7,14,17H,8-10,12-13,15H2,(H,26,30). The molecule has 1 fully saturated rings. The van der Waals surface area contributed by atoms with Gasteiger partial charge in [-0.2, -0.15) is 10.2 Å². The molecule has 4 rings (SSSR count). The van der Waals surface area contributed by atoms with Gasteiger partial charge in [0.25, 0.3) is 0 Å². The molecule has 0 radical (unpaired) electrons. The van der Waals surface area contributed by atoms with Crippen molar-refractivity contribution in [3.63, 3.8) is 0 Å². The van der Waals surface area contributed by atoms with Crippen molar-refractivity contribution in [3.8, 4) is 17.5 Å². The number of hydrogen-bond acceptors (Lipinski definition) is 6. The Morgan fingerprint density at radius 1 is 1.23 bits per heavy atom. The van der Waals surface area contributed by atoms with Crippen LogP contribution in [0.25, 0.3) is 11.4 Å². The number of hydrogen-bond donors (Lipinski definition) is 1.